The largest absolute Gasteiger partial charge is 0.343 e. The number of hydrogen-bond donors (Lipinski definition) is 1. The molecule has 25 heavy (non-hydrogen) atoms. The van der Waals surface area contributed by atoms with Crippen LogP contribution in [-0.4, -0.2) is 30.5 Å². The summed E-state index contributed by atoms with van der Waals surface area (Å²) in [6, 6.07) is 2.34. The van der Waals surface area contributed by atoms with E-state index in [1.807, 2.05) is 13.1 Å². The first-order chi connectivity index (χ1) is 12.0. The molecular formula is C18H28N6O. The van der Waals surface area contributed by atoms with Crippen LogP contribution >= 0.6 is 0 Å². The Labute approximate surface area is 148 Å². The quantitative estimate of drug-likeness (QED) is 0.874. The second-order valence-electron chi connectivity index (χ2n) is 7.37. The van der Waals surface area contributed by atoms with Gasteiger partial charge in [-0.3, -0.25) is 9.48 Å². The Hall–Kier alpha value is -2.18. The van der Waals surface area contributed by atoms with Crippen molar-refractivity contribution >= 4 is 5.91 Å². The second kappa shape index (κ2) is 7.80. The molecule has 1 aliphatic rings. The summed E-state index contributed by atoms with van der Waals surface area (Å²) >= 11 is 0. The van der Waals surface area contributed by atoms with Crippen LogP contribution < -0.4 is 5.32 Å². The highest BCUT2D eigenvalue weighted by molar-refractivity contribution is 5.92. The summed E-state index contributed by atoms with van der Waals surface area (Å²) in [4.78, 5) is 12.5. The van der Waals surface area contributed by atoms with Gasteiger partial charge in [0.2, 0.25) is 0 Å². The molecule has 0 saturated heterocycles. The van der Waals surface area contributed by atoms with Crippen molar-refractivity contribution in [3.05, 3.63) is 29.6 Å². The first-order valence-electron chi connectivity index (χ1n) is 9.24. The predicted molar refractivity (Wildman–Crippen MR) is 95.1 cm³/mol. The predicted octanol–water partition coefficient (Wildman–Crippen LogP) is 2.65. The Kier molecular flexibility index (Phi) is 5.50. The van der Waals surface area contributed by atoms with E-state index in [9.17, 15) is 4.79 Å². The third-order valence-electron chi connectivity index (χ3n) is 4.80. The van der Waals surface area contributed by atoms with Crippen molar-refractivity contribution in [3.8, 4) is 0 Å². The zero-order chi connectivity index (χ0) is 17.8. The van der Waals surface area contributed by atoms with Crippen LogP contribution in [0.5, 0.6) is 0 Å². The van der Waals surface area contributed by atoms with Crippen molar-refractivity contribution < 1.29 is 4.79 Å². The van der Waals surface area contributed by atoms with Gasteiger partial charge in [0.05, 0.1) is 12.2 Å². The van der Waals surface area contributed by atoms with Gasteiger partial charge in [-0.1, -0.05) is 33.1 Å². The van der Waals surface area contributed by atoms with Gasteiger partial charge in [0.25, 0.3) is 5.91 Å². The molecule has 1 amide bonds. The van der Waals surface area contributed by atoms with Crippen molar-refractivity contribution in [3.63, 3.8) is 0 Å². The maximum Gasteiger partial charge on any atom is 0.269 e. The van der Waals surface area contributed by atoms with Crippen molar-refractivity contribution in [2.75, 3.05) is 0 Å². The zero-order valence-electron chi connectivity index (χ0n) is 15.4. The van der Waals surface area contributed by atoms with Crippen LogP contribution in [0.3, 0.4) is 0 Å². The molecule has 0 unspecified atom stereocenters. The third-order valence-corrected chi connectivity index (χ3v) is 4.80. The number of carbonyl (C=O) groups is 1. The topological polar surface area (TPSA) is 77.6 Å². The van der Waals surface area contributed by atoms with Crippen LogP contribution in [0, 0.1) is 5.92 Å². The molecule has 136 valence electrons. The van der Waals surface area contributed by atoms with E-state index < -0.39 is 0 Å². The van der Waals surface area contributed by atoms with Crippen molar-refractivity contribution in [1.29, 1.82) is 0 Å². The van der Waals surface area contributed by atoms with E-state index in [1.54, 1.807) is 11.0 Å². The molecule has 0 bridgehead atoms. The highest BCUT2D eigenvalue weighted by atomic mass is 16.2. The lowest BCUT2D eigenvalue weighted by Gasteiger charge is -2.24. The number of amides is 1. The molecule has 2 heterocycles. The maximum absolute atomic E-state index is 12.5. The third kappa shape index (κ3) is 4.27. The number of aromatic nitrogens is 5. The molecule has 0 aromatic carbocycles. The van der Waals surface area contributed by atoms with Gasteiger partial charge in [-0.2, -0.15) is 5.10 Å². The van der Waals surface area contributed by atoms with Crippen LogP contribution in [0.25, 0.3) is 0 Å². The summed E-state index contributed by atoms with van der Waals surface area (Å²) in [7, 11) is 1.81. The van der Waals surface area contributed by atoms with Gasteiger partial charge in [0.15, 0.2) is 5.82 Å². The van der Waals surface area contributed by atoms with E-state index in [4.69, 9.17) is 0 Å². The van der Waals surface area contributed by atoms with E-state index >= 15 is 0 Å². The minimum atomic E-state index is -0.122. The number of hydrogen-bond acceptors (Lipinski definition) is 4. The lowest BCUT2D eigenvalue weighted by Crippen LogP contribution is -2.27. The highest BCUT2D eigenvalue weighted by Crippen LogP contribution is 2.28. The minimum absolute atomic E-state index is 0.122. The van der Waals surface area contributed by atoms with Crippen LogP contribution in [0.15, 0.2) is 12.4 Å². The van der Waals surface area contributed by atoms with E-state index in [0.29, 0.717) is 24.2 Å². The summed E-state index contributed by atoms with van der Waals surface area (Å²) in [5.74, 6) is 1.22. The van der Waals surface area contributed by atoms with E-state index in [2.05, 4.69) is 39.0 Å². The summed E-state index contributed by atoms with van der Waals surface area (Å²) in [5.41, 5.74) is 1.53. The summed E-state index contributed by atoms with van der Waals surface area (Å²) in [5, 5.41) is 15.6. The first-order valence-corrected chi connectivity index (χ1v) is 9.24. The van der Waals surface area contributed by atoms with Crippen molar-refractivity contribution in [2.45, 2.75) is 65.0 Å². The number of rotatable bonds is 6. The molecule has 0 radical (unpaired) electrons. The summed E-state index contributed by atoms with van der Waals surface area (Å²) in [6.07, 6.45) is 8.81. The fourth-order valence-corrected chi connectivity index (χ4v) is 3.56. The Bertz CT molecular complexity index is 711. The monoisotopic (exact) mass is 344 g/mol. The van der Waals surface area contributed by atoms with E-state index in [-0.39, 0.29) is 5.91 Å². The molecule has 1 aliphatic carbocycles. The van der Waals surface area contributed by atoms with Gasteiger partial charge in [-0.05, 0) is 31.2 Å². The minimum Gasteiger partial charge on any atom is -0.343 e. The Morgan fingerprint density at radius 3 is 2.80 bits per heavy atom. The molecular weight excluding hydrogens is 316 g/mol. The van der Waals surface area contributed by atoms with Crippen LogP contribution in [0.1, 0.15) is 74.0 Å². The van der Waals surface area contributed by atoms with Gasteiger partial charge < -0.3 is 9.88 Å². The number of nitrogens with zero attached hydrogens (tertiary/aromatic N) is 5. The van der Waals surface area contributed by atoms with Gasteiger partial charge in [0.1, 0.15) is 12.0 Å². The standard InChI is InChI=1S/C18H28N6O/c1-13(2)9-14-10-16(23(3)22-14)18(25)19-11-17-21-20-12-24(17)15-7-5-4-6-8-15/h10,12-13,15H,4-9,11H2,1-3H3,(H,19,25). The van der Waals surface area contributed by atoms with Crippen LogP contribution in [0.4, 0.5) is 0 Å². The molecule has 7 nitrogen and oxygen atoms in total. The van der Waals surface area contributed by atoms with E-state index in [0.717, 1.165) is 17.9 Å². The fraction of sp³-hybridized carbons (Fsp3) is 0.667. The number of carbonyl (C=O) groups excluding carboxylic acids is 1. The molecule has 2 aromatic heterocycles. The smallest absolute Gasteiger partial charge is 0.269 e. The Balaban J connectivity index is 1.63. The Morgan fingerprint density at radius 2 is 2.08 bits per heavy atom. The summed E-state index contributed by atoms with van der Waals surface area (Å²) < 4.78 is 3.78. The summed E-state index contributed by atoms with van der Waals surface area (Å²) in [6.45, 7) is 4.68. The van der Waals surface area contributed by atoms with Gasteiger partial charge in [-0.15, -0.1) is 10.2 Å². The zero-order valence-corrected chi connectivity index (χ0v) is 15.4. The molecule has 0 aliphatic heterocycles. The molecule has 0 spiro atoms. The fourth-order valence-electron chi connectivity index (χ4n) is 3.56. The van der Waals surface area contributed by atoms with Crippen molar-refractivity contribution in [2.24, 2.45) is 13.0 Å². The highest BCUT2D eigenvalue weighted by Gasteiger charge is 2.19. The van der Waals surface area contributed by atoms with Crippen LogP contribution in [0.2, 0.25) is 0 Å². The van der Waals surface area contributed by atoms with Crippen molar-refractivity contribution in [1.82, 2.24) is 29.9 Å². The SMILES string of the molecule is CC(C)Cc1cc(C(=O)NCc2nncn2C2CCCCC2)n(C)n1. The van der Waals surface area contributed by atoms with Crippen LogP contribution in [-0.2, 0) is 20.0 Å². The van der Waals surface area contributed by atoms with Gasteiger partial charge in [0, 0.05) is 13.1 Å². The molecule has 7 heteroatoms. The van der Waals surface area contributed by atoms with Gasteiger partial charge >= 0.3 is 0 Å². The molecule has 1 fully saturated rings. The number of nitrogens with one attached hydrogen (secondary N) is 1. The molecule has 0 atom stereocenters. The average Bonchev–Trinajstić information content (AvgIpc) is 3.19. The maximum atomic E-state index is 12.5. The van der Waals surface area contributed by atoms with Gasteiger partial charge in [-0.25, -0.2) is 0 Å². The normalized spacial score (nSPS) is 15.7. The second-order valence-corrected chi connectivity index (χ2v) is 7.37. The van der Waals surface area contributed by atoms with E-state index in [1.165, 1.54) is 32.1 Å². The molecule has 3 rings (SSSR count). The molecule has 1 N–H and O–H groups in total. The number of aryl methyl sites for hydroxylation is 1. The average molecular weight is 344 g/mol. The molecule has 1 saturated carbocycles. The lowest BCUT2D eigenvalue weighted by molar-refractivity contribution is 0.0939. The Morgan fingerprint density at radius 1 is 1.32 bits per heavy atom. The lowest BCUT2D eigenvalue weighted by atomic mass is 9.95. The first kappa shape index (κ1) is 17.6. The molecule has 2 aromatic rings.